The number of carbonyl (C=O) groups excluding carboxylic acids is 2. The lowest BCUT2D eigenvalue weighted by molar-refractivity contribution is 0.0816. The van der Waals surface area contributed by atoms with E-state index in [1.165, 1.54) is 24.4 Å². The van der Waals surface area contributed by atoms with Crippen LogP contribution in [-0.4, -0.2) is 21.7 Å². The highest BCUT2D eigenvalue weighted by Gasteiger charge is 2.41. The van der Waals surface area contributed by atoms with Crippen molar-refractivity contribution in [2.24, 2.45) is 0 Å². The lowest BCUT2D eigenvalue weighted by Crippen LogP contribution is -2.51. The molecular formula is C23H19ClFN3O2. The van der Waals surface area contributed by atoms with E-state index in [-0.39, 0.29) is 18.1 Å². The van der Waals surface area contributed by atoms with Crippen molar-refractivity contribution in [1.82, 2.24) is 15.3 Å². The van der Waals surface area contributed by atoms with Gasteiger partial charge in [0, 0.05) is 24.4 Å². The van der Waals surface area contributed by atoms with Crippen molar-refractivity contribution in [3.8, 4) is 0 Å². The molecule has 2 aromatic heterocycles. The molecule has 1 saturated carbocycles. The summed E-state index contributed by atoms with van der Waals surface area (Å²) >= 11 is 5.79. The van der Waals surface area contributed by atoms with Gasteiger partial charge in [0.1, 0.15) is 11.0 Å². The molecule has 0 saturated heterocycles. The lowest BCUT2D eigenvalue weighted by atomic mass is 9.73. The third-order valence-electron chi connectivity index (χ3n) is 5.38. The van der Waals surface area contributed by atoms with Crippen molar-refractivity contribution in [3.05, 3.63) is 94.3 Å². The second-order valence-corrected chi connectivity index (χ2v) is 7.81. The molecule has 0 radical (unpaired) electrons. The minimum atomic E-state index is -0.526. The van der Waals surface area contributed by atoms with Gasteiger partial charge in [-0.2, -0.15) is 0 Å². The van der Waals surface area contributed by atoms with Crippen LogP contribution >= 0.6 is 11.6 Å². The van der Waals surface area contributed by atoms with Crippen LogP contribution in [0.4, 0.5) is 4.39 Å². The number of hydrogen-bond donors (Lipinski definition) is 1. The number of carbonyl (C=O) groups is 2. The number of benzene rings is 1. The van der Waals surface area contributed by atoms with Gasteiger partial charge in [-0.15, -0.1) is 0 Å². The fourth-order valence-electron chi connectivity index (χ4n) is 3.54. The minimum absolute atomic E-state index is 0.131. The van der Waals surface area contributed by atoms with E-state index in [2.05, 4.69) is 15.3 Å². The summed E-state index contributed by atoms with van der Waals surface area (Å²) in [5.41, 5.74) is 1.73. The van der Waals surface area contributed by atoms with Gasteiger partial charge in [0.05, 0.1) is 16.8 Å². The van der Waals surface area contributed by atoms with Gasteiger partial charge in [-0.25, -0.2) is 9.37 Å². The Hall–Kier alpha value is -3.12. The molecule has 4 rings (SSSR count). The van der Waals surface area contributed by atoms with E-state index in [0.29, 0.717) is 16.3 Å². The van der Waals surface area contributed by atoms with Crippen LogP contribution in [0, 0.1) is 5.82 Å². The van der Waals surface area contributed by atoms with E-state index in [1.807, 2.05) is 12.1 Å². The van der Waals surface area contributed by atoms with E-state index < -0.39 is 11.4 Å². The van der Waals surface area contributed by atoms with Gasteiger partial charge in [-0.1, -0.05) is 29.8 Å². The molecule has 0 atom stereocenters. The summed E-state index contributed by atoms with van der Waals surface area (Å²) < 4.78 is 13.3. The number of hydrogen-bond acceptors (Lipinski definition) is 4. The largest absolute Gasteiger partial charge is 0.341 e. The van der Waals surface area contributed by atoms with Crippen LogP contribution < -0.4 is 5.32 Å². The number of ketones is 1. The fraction of sp³-hybridized carbons (Fsp3) is 0.217. The molecule has 30 heavy (non-hydrogen) atoms. The van der Waals surface area contributed by atoms with Crippen LogP contribution in [0.2, 0.25) is 5.15 Å². The smallest absolute Gasteiger partial charge is 0.253 e. The average Bonchev–Trinajstić information content (AvgIpc) is 2.72. The third kappa shape index (κ3) is 4.24. The number of Topliss-reactive ketones (excluding diaryl/α,β-unsaturated/α-hetero) is 1. The molecule has 1 amide bonds. The molecule has 1 aliphatic carbocycles. The number of nitrogens with one attached hydrogen (secondary N) is 1. The van der Waals surface area contributed by atoms with Gasteiger partial charge in [-0.05, 0) is 55.2 Å². The Labute approximate surface area is 178 Å². The number of amides is 1. The molecule has 0 bridgehead atoms. The summed E-state index contributed by atoms with van der Waals surface area (Å²) in [6.07, 6.45) is 5.77. The molecular weight excluding hydrogens is 405 g/mol. The number of halogens is 2. The standard InChI is InChI=1S/C23H19ClFN3O2/c24-21-8-6-17(14-27-21)22(30)28-23(9-2-10-23)20-7-5-15(13-26-20)11-19(29)16-3-1-4-18(25)12-16/h1,3-8,12-14H,2,9-11H2,(H,28,30). The normalized spacial score (nSPS) is 14.6. The molecule has 1 fully saturated rings. The van der Waals surface area contributed by atoms with Crippen LogP contribution in [0.25, 0.3) is 0 Å². The fourth-order valence-corrected chi connectivity index (χ4v) is 3.65. The molecule has 0 aliphatic heterocycles. The van der Waals surface area contributed by atoms with Gasteiger partial charge < -0.3 is 5.32 Å². The zero-order chi connectivity index (χ0) is 21.1. The second kappa shape index (κ2) is 8.32. The molecule has 3 aromatic rings. The summed E-state index contributed by atoms with van der Waals surface area (Å²) in [6.45, 7) is 0. The van der Waals surface area contributed by atoms with Gasteiger partial charge in [0.25, 0.3) is 5.91 Å². The summed E-state index contributed by atoms with van der Waals surface area (Å²) in [5, 5.41) is 3.41. The highest BCUT2D eigenvalue weighted by Crippen LogP contribution is 2.40. The van der Waals surface area contributed by atoms with E-state index in [1.54, 1.807) is 24.4 Å². The molecule has 5 nitrogen and oxygen atoms in total. The average molecular weight is 424 g/mol. The molecule has 1 aliphatic rings. The molecule has 1 aromatic carbocycles. The van der Waals surface area contributed by atoms with Gasteiger partial charge >= 0.3 is 0 Å². The minimum Gasteiger partial charge on any atom is -0.341 e. The van der Waals surface area contributed by atoms with E-state index in [9.17, 15) is 14.0 Å². The van der Waals surface area contributed by atoms with Crippen molar-refractivity contribution in [3.63, 3.8) is 0 Å². The third-order valence-corrected chi connectivity index (χ3v) is 5.60. The number of aromatic nitrogens is 2. The molecule has 7 heteroatoms. The summed E-state index contributed by atoms with van der Waals surface area (Å²) in [6, 6.07) is 12.5. The summed E-state index contributed by atoms with van der Waals surface area (Å²) in [4.78, 5) is 33.5. The van der Waals surface area contributed by atoms with E-state index in [0.717, 1.165) is 30.5 Å². The quantitative estimate of drug-likeness (QED) is 0.468. The van der Waals surface area contributed by atoms with Gasteiger partial charge in [0.15, 0.2) is 5.78 Å². The first-order valence-electron chi connectivity index (χ1n) is 9.63. The Bertz CT molecular complexity index is 1080. The van der Waals surface area contributed by atoms with Crippen molar-refractivity contribution in [1.29, 1.82) is 0 Å². The zero-order valence-electron chi connectivity index (χ0n) is 16.1. The van der Waals surface area contributed by atoms with Crippen LogP contribution in [0.15, 0.2) is 60.9 Å². The highest BCUT2D eigenvalue weighted by molar-refractivity contribution is 6.29. The Kier molecular flexibility index (Phi) is 5.59. The topological polar surface area (TPSA) is 72.0 Å². The van der Waals surface area contributed by atoms with E-state index in [4.69, 9.17) is 11.6 Å². The summed E-state index contributed by atoms with van der Waals surface area (Å²) in [7, 11) is 0. The maximum absolute atomic E-state index is 13.3. The molecule has 2 heterocycles. The first kappa shape index (κ1) is 20.2. The monoisotopic (exact) mass is 423 g/mol. The molecule has 1 N–H and O–H groups in total. The van der Waals surface area contributed by atoms with Gasteiger partial charge in [0.2, 0.25) is 0 Å². The Balaban J connectivity index is 1.47. The number of rotatable bonds is 6. The second-order valence-electron chi connectivity index (χ2n) is 7.42. The maximum atomic E-state index is 13.3. The van der Waals surface area contributed by atoms with Crippen LogP contribution in [-0.2, 0) is 12.0 Å². The zero-order valence-corrected chi connectivity index (χ0v) is 16.8. The van der Waals surface area contributed by atoms with Crippen LogP contribution in [0.1, 0.15) is 51.2 Å². The first-order valence-corrected chi connectivity index (χ1v) is 10.0. The molecule has 0 spiro atoms. The predicted molar refractivity (Wildman–Crippen MR) is 111 cm³/mol. The molecule has 152 valence electrons. The predicted octanol–water partition coefficient (Wildman–Crippen LogP) is 4.50. The number of pyridine rings is 2. The van der Waals surface area contributed by atoms with Crippen molar-refractivity contribution in [2.45, 2.75) is 31.2 Å². The maximum Gasteiger partial charge on any atom is 0.253 e. The first-order chi connectivity index (χ1) is 14.4. The highest BCUT2D eigenvalue weighted by atomic mass is 35.5. The Morgan fingerprint density at radius 1 is 1.03 bits per heavy atom. The lowest BCUT2D eigenvalue weighted by Gasteiger charge is -2.42. The van der Waals surface area contributed by atoms with Crippen molar-refractivity contribution in [2.75, 3.05) is 0 Å². The van der Waals surface area contributed by atoms with Crippen LogP contribution in [0.3, 0.4) is 0 Å². The van der Waals surface area contributed by atoms with Crippen molar-refractivity contribution < 1.29 is 14.0 Å². The summed E-state index contributed by atoms with van der Waals surface area (Å²) in [5.74, 6) is -0.843. The van der Waals surface area contributed by atoms with Gasteiger partial charge in [-0.3, -0.25) is 14.6 Å². The van der Waals surface area contributed by atoms with E-state index >= 15 is 0 Å². The Morgan fingerprint density at radius 3 is 2.47 bits per heavy atom. The SMILES string of the molecule is O=C(Cc1ccc(C2(NC(=O)c3ccc(Cl)nc3)CCC2)nc1)c1cccc(F)c1. The van der Waals surface area contributed by atoms with Crippen LogP contribution in [0.5, 0.6) is 0 Å². The van der Waals surface area contributed by atoms with Crippen molar-refractivity contribution >= 4 is 23.3 Å². The number of nitrogens with zero attached hydrogens (tertiary/aromatic N) is 2. The molecule has 0 unspecified atom stereocenters. The Morgan fingerprint density at radius 2 is 1.87 bits per heavy atom.